The van der Waals surface area contributed by atoms with Crippen molar-refractivity contribution in [3.8, 4) is 6.07 Å². The van der Waals surface area contributed by atoms with Gasteiger partial charge >= 0.3 is 5.69 Å². The second-order valence-corrected chi connectivity index (χ2v) is 4.81. The summed E-state index contributed by atoms with van der Waals surface area (Å²) in [6.07, 6.45) is 0. The fourth-order valence-electron chi connectivity index (χ4n) is 1.64. The van der Waals surface area contributed by atoms with Crippen LogP contribution >= 0.6 is 11.8 Å². The SMILES string of the molecule is CCn1c(Sc2ccc(CN)cc2C#N)n[nH]c1=O. The number of nitrogens with one attached hydrogen (secondary N) is 1. The summed E-state index contributed by atoms with van der Waals surface area (Å²) in [7, 11) is 0. The highest BCUT2D eigenvalue weighted by Gasteiger charge is 2.11. The van der Waals surface area contributed by atoms with Crippen LogP contribution in [-0.2, 0) is 13.1 Å². The Labute approximate surface area is 114 Å². The van der Waals surface area contributed by atoms with E-state index < -0.39 is 0 Å². The number of hydrogen-bond acceptors (Lipinski definition) is 5. The largest absolute Gasteiger partial charge is 0.343 e. The molecule has 0 saturated heterocycles. The van der Waals surface area contributed by atoms with Crippen molar-refractivity contribution in [1.29, 1.82) is 5.26 Å². The maximum atomic E-state index is 11.5. The molecule has 0 aliphatic carbocycles. The molecule has 7 heteroatoms. The van der Waals surface area contributed by atoms with E-state index in [0.717, 1.165) is 10.5 Å². The monoisotopic (exact) mass is 275 g/mol. The van der Waals surface area contributed by atoms with Gasteiger partial charge in [-0.05, 0) is 36.4 Å². The molecule has 6 nitrogen and oxygen atoms in total. The molecule has 0 amide bonds. The van der Waals surface area contributed by atoms with Gasteiger partial charge in [0.1, 0.15) is 6.07 Å². The van der Waals surface area contributed by atoms with Crippen LogP contribution in [0.1, 0.15) is 18.1 Å². The summed E-state index contributed by atoms with van der Waals surface area (Å²) in [5, 5.41) is 16.0. The van der Waals surface area contributed by atoms with E-state index in [2.05, 4.69) is 16.3 Å². The summed E-state index contributed by atoms with van der Waals surface area (Å²) in [5.41, 5.74) is 6.73. The minimum Gasteiger partial charge on any atom is -0.326 e. The fourth-order valence-corrected chi connectivity index (χ4v) is 2.60. The van der Waals surface area contributed by atoms with Crippen molar-refractivity contribution in [3.05, 3.63) is 39.8 Å². The topological polar surface area (TPSA) is 100 Å². The van der Waals surface area contributed by atoms with Crippen molar-refractivity contribution in [1.82, 2.24) is 14.8 Å². The number of nitrogens with zero attached hydrogens (tertiary/aromatic N) is 3. The van der Waals surface area contributed by atoms with Crippen LogP contribution in [0.15, 0.2) is 33.0 Å². The quantitative estimate of drug-likeness (QED) is 0.869. The summed E-state index contributed by atoms with van der Waals surface area (Å²) >= 11 is 1.29. The number of aromatic amines is 1. The summed E-state index contributed by atoms with van der Waals surface area (Å²) in [6, 6.07) is 7.58. The number of nitrogens with two attached hydrogens (primary N) is 1. The van der Waals surface area contributed by atoms with Crippen LogP contribution in [0.25, 0.3) is 0 Å². The summed E-state index contributed by atoms with van der Waals surface area (Å²) in [4.78, 5) is 12.2. The molecule has 0 unspecified atom stereocenters. The number of rotatable bonds is 4. The van der Waals surface area contributed by atoms with E-state index in [9.17, 15) is 4.79 Å². The Morgan fingerprint density at radius 3 is 3.00 bits per heavy atom. The van der Waals surface area contributed by atoms with Crippen LogP contribution < -0.4 is 11.4 Å². The molecule has 0 radical (unpaired) electrons. The lowest BCUT2D eigenvalue weighted by molar-refractivity contribution is 0.660. The molecule has 0 fully saturated rings. The van der Waals surface area contributed by atoms with Gasteiger partial charge in [0, 0.05) is 18.0 Å². The molecule has 2 aromatic rings. The van der Waals surface area contributed by atoms with Gasteiger partial charge in [-0.3, -0.25) is 4.57 Å². The van der Waals surface area contributed by atoms with Crippen molar-refractivity contribution < 1.29 is 0 Å². The molecule has 2 rings (SSSR count). The van der Waals surface area contributed by atoms with Crippen LogP contribution in [0, 0.1) is 11.3 Å². The maximum absolute atomic E-state index is 11.5. The van der Waals surface area contributed by atoms with Crippen LogP contribution in [0.4, 0.5) is 0 Å². The van der Waals surface area contributed by atoms with Gasteiger partial charge in [0.2, 0.25) is 0 Å². The predicted octanol–water partition coefficient (Wildman–Crippen LogP) is 1.07. The summed E-state index contributed by atoms with van der Waals surface area (Å²) in [6.45, 7) is 2.78. The van der Waals surface area contributed by atoms with Crippen LogP contribution in [0.3, 0.4) is 0 Å². The Bertz CT molecular complexity index is 682. The minimum atomic E-state index is -0.248. The van der Waals surface area contributed by atoms with E-state index in [-0.39, 0.29) is 5.69 Å². The van der Waals surface area contributed by atoms with E-state index >= 15 is 0 Å². The van der Waals surface area contributed by atoms with Crippen LogP contribution in [-0.4, -0.2) is 14.8 Å². The number of benzene rings is 1. The van der Waals surface area contributed by atoms with E-state index in [0.29, 0.717) is 23.8 Å². The maximum Gasteiger partial charge on any atom is 0.343 e. The highest BCUT2D eigenvalue weighted by molar-refractivity contribution is 7.99. The Kier molecular flexibility index (Phi) is 4.04. The zero-order valence-corrected chi connectivity index (χ0v) is 11.2. The van der Waals surface area contributed by atoms with Crippen LogP contribution in [0.2, 0.25) is 0 Å². The Hall–Kier alpha value is -2.04. The normalized spacial score (nSPS) is 10.4. The molecule has 1 aromatic heterocycles. The first-order valence-corrected chi connectivity index (χ1v) is 6.57. The summed E-state index contributed by atoms with van der Waals surface area (Å²) in [5.74, 6) is 0. The highest BCUT2D eigenvalue weighted by Crippen LogP contribution is 2.28. The first-order chi connectivity index (χ1) is 9.19. The van der Waals surface area contributed by atoms with Gasteiger partial charge in [-0.2, -0.15) is 5.26 Å². The van der Waals surface area contributed by atoms with Gasteiger partial charge < -0.3 is 5.73 Å². The van der Waals surface area contributed by atoms with Crippen molar-refractivity contribution in [3.63, 3.8) is 0 Å². The third kappa shape index (κ3) is 2.70. The van der Waals surface area contributed by atoms with Crippen LogP contribution in [0.5, 0.6) is 0 Å². The second kappa shape index (κ2) is 5.73. The average molecular weight is 275 g/mol. The zero-order valence-electron chi connectivity index (χ0n) is 10.4. The first kappa shape index (κ1) is 13.4. The molecule has 0 bridgehead atoms. The Balaban J connectivity index is 2.38. The van der Waals surface area contributed by atoms with E-state index in [4.69, 9.17) is 11.0 Å². The van der Waals surface area contributed by atoms with Crippen molar-refractivity contribution in [2.75, 3.05) is 0 Å². The van der Waals surface area contributed by atoms with Gasteiger partial charge in [0.25, 0.3) is 0 Å². The molecule has 0 atom stereocenters. The standard InChI is InChI=1S/C12H13N5OS/c1-2-17-11(18)15-16-12(17)19-10-4-3-8(6-13)5-9(10)7-14/h3-5H,2,6,13H2,1H3,(H,15,18). The molecule has 1 aromatic carbocycles. The first-order valence-electron chi connectivity index (χ1n) is 5.75. The molecule has 0 aliphatic rings. The second-order valence-electron chi connectivity index (χ2n) is 3.80. The Morgan fingerprint density at radius 2 is 2.37 bits per heavy atom. The van der Waals surface area contributed by atoms with E-state index in [1.807, 2.05) is 19.1 Å². The van der Waals surface area contributed by atoms with Gasteiger partial charge in [0.05, 0.1) is 5.56 Å². The number of aromatic nitrogens is 3. The molecule has 1 heterocycles. The minimum absolute atomic E-state index is 0.248. The molecule has 0 aliphatic heterocycles. The number of nitriles is 1. The smallest absolute Gasteiger partial charge is 0.326 e. The van der Waals surface area contributed by atoms with Crippen molar-refractivity contribution in [2.45, 2.75) is 30.1 Å². The number of H-pyrrole nitrogens is 1. The zero-order chi connectivity index (χ0) is 13.8. The molecule has 0 spiro atoms. The molecule has 3 N–H and O–H groups in total. The predicted molar refractivity (Wildman–Crippen MR) is 71.7 cm³/mol. The lowest BCUT2D eigenvalue weighted by atomic mass is 10.1. The van der Waals surface area contributed by atoms with Crippen molar-refractivity contribution in [2.24, 2.45) is 5.73 Å². The summed E-state index contributed by atoms with van der Waals surface area (Å²) < 4.78 is 1.52. The molecule has 0 saturated carbocycles. The molecular formula is C12H13N5OS. The molecular weight excluding hydrogens is 262 g/mol. The molecule has 98 valence electrons. The third-order valence-electron chi connectivity index (χ3n) is 2.64. The fraction of sp³-hybridized carbons (Fsp3) is 0.250. The number of hydrogen-bond donors (Lipinski definition) is 2. The lowest BCUT2D eigenvalue weighted by Gasteiger charge is -2.05. The van der Waals surface area contributed by atoms with Crippen molar-refractivity contribution >= 4 is 11.8 Å². The Morgan fingerprint density at radius 1 is 1.58 bits per heavy atom. The average Bonchev–Trinajstić information content (AvgIpc) is 2.79. The third-order valence-corrected chi connectivity index (χ3v) is 3.71. The lowest BCUT2D eigenvalue weighted by Crippen LogP contribution is -2.16. The highest BCUT2D eigenvalue weighted by atomic mass is 32.2. The van der Waals surface area contributed by atoms with E-state index in [1.54, 1.807) is 6.07 Å². The van der Waals surface area contributed by atoms with Gasteiger partial charge in [0.15, 0.2) is 5.16 Å². The van der Waals surface area contributed by atoms with Gasteiger partial charge in [-0.25, -0.2) is 9.89 Å². The van der Waals surface area contributed by atoms with Gasteiger partial charge in [-0.1, -0.05) is 6.07 Å². The van der Waals surface area contributed by atoms with E-state index in [1.165, 1.54) is 16.3 Å². The van der Waals surface area contributed by atoms with Gasteiger partial charge in [-0.15, -0.1) is 5.10 Å². The molecule has 19 heavy (non-hydrogen) atoms.